The van der Waals surface area contributed by atoms with E-state index in [4.69, 9.17) is 27.9 Å². The van der Waals surface area contributed by atoms with Gasteiger partial charge >= 0.3 is 0 Å². The van der Waals surface area contributed by atoms with Gasteiger partial charge in [0.25, 0.3) is 0 Å². The van der Waals surface area contributed by atoms with Gasteiger partial charge in [0, 0.05) is 36.2 Å². The zero-order chi connectivity index (χ0) is 14.4. The van der Waals surface area contributed by atoms with Crippen molar-refractivity contribution in [2.45, 2.75) is 31.6 Å². The van der Waals surface area contributed by atoms with Crippen molar-refractivity contribution in [2.75, 3.05) is 26.8 Å². The van der Waals surface area contributed by atoms with Crippen molar-refractivity contribution in [3.05, 3.63) is 33.8 Å². The molecule has 1 fully saturated rings. The lowest BCUT2D eigenvalue weighted by Gasteiger charge is -2.26. The van der Waals surface area contributed by atoms with E-state index in [9.17, 15) is 0 Å². The molecule has 0 saturated heterocycles. The summed E-state index contributed by atoms with van der Waals surface area (Å²) in [6, 6.07) is 5.80. The molecule has 0 heterocycles. The Balaban J connectivity index is 2.12. The molecule has 1 aliphatic rings. The van der Waals surface area contributed by atoms with Gasteiger partial charge < -0.3 is 10.1 Å². The third kappa shape index (κ3) is 4.11. The lowest BCUT2D eigenvalue weighted by Crippen LogP contribution is -2.28. The number of ether oxygens (including phenoxy) is 1. The van der Waals surface area contributed by atoms with Crippen LogP contribution in [0, 0.1) is 5.92 Å². The normalized spacial score (nSPS) is 17.6. The van der Waals surface area contributed by atoms with Crippen LogP contribution >= 0.6 is 23.2 Å². The van der Waals surface area contributed by atoms with Crippen LogP contribution in [0.2, 0.25) is 10.0 Å². The van der Waals surface area contributed by atoms with Crippen LogP contribution in [0.3, 0.4) is 0 Å². The van der Waals surface area contributed by atoms with Crippen LogP contribution in [-0.4, -0.2) is 26.8 Å². The Morgan fingerprint density at radius 3 is 2.50 bits per heavy atom. The number of halogens is 2. The van der Waals surface area contributed by atoms with E-state index in [2.05, 4.69) is 5.32 Å². The summed E-state index contributed by atoms with van der Waals surface area (Å²) in [6.45, 7) is 2.51. The van der Waals surface area contributed by atoms with Crippen LogP contribution in [0.1, 0.15) is 37.2 Å². The number of methoxy groups -OCH3 is 1. The van der Waals surface area contributed by atoms with Gasteiger partial charge in [0.15, 0.2) is 0 Å². The Morgan fingerprint density at radius 2 is 1.90 bits per heavy atom. The van der Waals surface area contributed by atoms with Crippen molar-refractivity contribution in [2.24, 2.45) is 5.92 Å². The second-order valence-corrected chi connectivity index (χ2v) is 6.30. The molecule has 0 spiro atoms. The molecule has 20 heavy (non-hydrogen) atoms. The van der Waals surface area contributed by atoms with E-state index in [1.165, 1.54) is 25.7 Å². The van der Waals surface area contributed by atoms with E-state index in [1.54, 1.807) is 7.11 Å². The molecule has 0 aliphatic heterocycles. The molecule has 2 nitrogen and oxygen atoms in total. The van der Waals surface area contributed by atoms with Crippen molar-refractivity contribution in [3.63, 3.8) is 0 Å². The molecule has 1 aromatic carbocycles. The molecule has 0 radical (unpaired) electrons. The molecule has 4 heteroatoms. The average molecular weight is 316 g/mol. The van der Waals surface area contributed by atoms with Gasteiger partial charge in [-0.1, -0.05) is 42.1 Å². The summed E-state index contributed by atoms with van der Waals surface area (Å²) in [5, 5.41) is 5.06. The van der Waals surface area contributed by atoms with Gasteiger partial charge in [0.05, 0.1) is 6.61 Å². The molecule has 0 bridgehead atoms. The predicted molar refractivity (Wildman–Crippen MR) is 85.9 cm³/mol. The molecule has 1 saturated carbocycles. The van der Waals surface area contributed by atoms with E-state index in [1.807, 2.05) is 18.2 Å². The van der Waals surface area contributed by atoms with Crippen molar-refractivity contribution in [3.8, 4) is 0 Å². The van der Waals surface area contributed by atoms with Crippen LogP contribution in [-0.2, 0) is 4.74 Å². The highest BCUT2D eigenvalue weighted by molar-refractivity contribution is 6.36. The number of rotatable bonds is 7. The summed E-state index contributed by atoms with van der Waals surface area (Å²) in [4.78, 5) is 0. The minimum absolute atomic E-state index is 0.399. The molecule has 1 aromatic rings. The molecule has 1 N–H and O–H groups in total. The summed E-state index contributed by atoms with van der Waals surface area (Å²) < 4.78 is 5.09. The quantitative estimate of drug-likeness (QED) is 0.748. The van der Waals surface area contributed by atoms with E-state index < -0.39 is 0 Å². The summed E-state index contributed by atoms with van der Waals surface area (Å²) in [5.41, 5.74) is 1.12. The Labute approximate surface area is 131 Å². The fraction of sp³-hybridized carbons (Fsp3) is 0.625. The van der Waals surface area contributed by atoms with Crippen LogP contribution in [0.4, 0.5) is 0 Å². The van der Waals surface area contributed by atoms with E-state index in [0.29, 0.717) is 11.8 Å². The lowest BCUT2D eigenvalue weighted by atomic mass is 9.84. The van der Waals surface area contributed by atoms with Gasteiger partial charge in [-0.2, -0.15) is 0 Å². The first-order valence-electron chi connectivity index (χ1n) is 7.37. The highest BCUT2D eigenvalue weighted by atomic mass is 35.5. The fourth-order valence-electron chi connectivity index (χ4n) is 3.16. The fourth-order valence-corrected chi connectivity index (χ4v) is 3.84. The number of nitrogens with one attached hydrogen (secondary N) is 1. The molecule has 0 amide bonds. The van der Waals surface area contributed by atoms with Gasteiger partial charge in [-0.3, -0.25) is 0 Å². The summed E-state index contributed by atoms with van der Waals surface area (Å²) in [5.74, 6) is 1.08. The SMILES string of the molecule is COCCNCC(c1c(Cl)cccc1Cl)C1CCCC1. The van der Waals surface area contributed by atoms with Gasteiger partial charge in [-0.15, -0.1) is 0 Å². The molecule has 112 valence electrons. The monoisotopic (exact) mass is 315 g/mol. The topological polar surface area (TPSA) is 21.3 Å². The van der Waals surface area contributed by atoms with Gasteiger partial charge in [-0.05, 0) is 36.5 Å². The van der Waals surface area contributed by atoms with Crippen molar-refractivity contribution >= 4 is 23.2 Å². The summed E-state index contributed by atoms with van der Waals surface area (Å²) in [6.07, 6.45) is 5.19. The third-order valence-corrected chi connectivity index (χ3v) is 4.85. The highest BCUT2D eigenvalue weighted by Crippen LogP contribution is 2.42. The number of benzene rings is 1. The Bertz CT molecular complexity index is 399. The number of hydrogen-bond acceptors (Lipinski definition) is 2. The second-order valence-electron chi connectivity index (χ2n) is 5.48. The van der Waals surface area contributed by atoms with Crippen molar-refractivity contribution in [1.82, 2.24) is 5.32 Å². The molecular weight excluding hydrogens is 293 g/mol. The van der Waals surface area contributed by atoms with E-state index >= 15 is 0 Å². The van der Waals surface area contributed by atoms with Crippen molar-refractivity contribution in [1.29, 1.82) is 0 Å². The second kappa shape index (κ2) is 8.23. The van der Waals surface area contributed by atoms with Gasteiger partial charge in [0.2, 0.25) is 0 Å². The third-order valence-electron chi connectivity index (χ3n) is 4.19. The lowest BCUT2D eigenvalue weighted by molar-refractivity contribution is 0.198. The maximum atomic E-state index is 6.41. The minimum Gasteiger partial charge on any atom is -0.383 e. The average Bonchev–Trinajstić information content (AvgIpc) is 2.95. The first-order valence-corrected chi connectivity index (χ1v) is 8.13. The smallest absolute Gasteiger partial charge is 0.0587 e. The first kappa shape index (κ1) is 16.1. The molecular formula is C16H23Cl2NO. The summed E-state index contributed by atoms with van der Waals surface area (Å²) in [7, 11) is 1.72. The summed E-state index contributed by atoms with van der Waals surface area (Å²) >= 11 is 12.8. The standard InChI is InChI=1S/C16H23Cl2NO/c1-20-10-9-19-11-13(12-5-2-3-6-12)16-14(17)7-4-8-15(16)18/h4,7-8,12-13,19H,2-3,5-6,9-11H2,1H3. The maximum absolute atomic E-state index is 6.41. The zero-order valence-electron chi connectivity index (χ0n) is 12.0. The molecule has 1 aliphatic carbocycles. The predicted octanol–water partition coefficient (Wildman–Crippen LogP) is 4.50. The Kier molecular flexibility index (Phi) is 6.63. The van der Waals surface area contributed by atoms with Crippen LogP contribution in [0.15, 0.2) is 18.2 Å². The van der Waals surface area contributed by atoms with E-state index in [0.717, 1.165) is 35.3 Å². The maximum Gasteiger partial charge on any atom is 0.0587 e. The molecule has 1 unspecified atom stereocenters. The molecule has 0 aromatic heterocycles. The first-order chi connectivity index (χ1) is 9.74. The Morgan fingerprint density at radius 1 is 1.25 bits per heavy atom. The molecule has 2 rings (SSSR count). The van der Waals surface area contributed by atoms with Crippen molar-refractivity contribution < 1.29 is 4.74 Å². The van der Waals surface area contributed by atoms with Gasteiger partial charge in [0.1, 0.15) is 0 Å². The van der Waals surface area contributed by atoms with E-state index in [-0.39, 0.29) is 0 Å². The van der Waals surface area contributed by atoms with Gasteiger partial charge in [-0.25, -0.2) is 0 Å². The largest absolute Gasteiger partial charge is 0.383 e. The Hall–Kier alpha value is -0.280. The molecule has 1 atom stereocenters. The van der Waals surface area contributed by atoms with Crippen LogP contribution < -0.4 is 5.32 Å². The minimum atomic E-state index is 0.399. The highest BCUT2D eigenvalue weighted by Gasteiger charge is 2.28. The zero-order valence-corrected chi connectivity index (χ0v) is 13.5. The number of hydrogen-bond donors (Lipinski definition) is 1. The van der Waals surface area contributed by atoms with Crippen LogP contribution in [0.5, 0.6) is 0 Å². The van der Waals surface area contributed by atoms with Crippen LogP contribution in [0.25, 0.3) is 0 Å².